The summed E-state index contributed by atoms with van der Waals surface area (Å²) in [5.74, 6) is 1.47. The third-order valence-corrected chi connectivity index (χ3v) is 3.45. The van der Waals surface area contributed by atoms with Crippen LogP contribution in [0.25, 0.3) is 0 Å². The molecule has 2 unspecified atom stereocenters. The average Bonchev–Trinajstić information content (AvgIpc) is 2.61. The predicted octanol–water partition coefficient (Wildman–Crippen LogP) is 1.49. The van der Waals surface area contributed by atoms with E-state index in [9.17, 15) is 5.11 Å². The molecule has 1 saturated heterocycles. The molecule has 1 heterocycles. The van der Waals surface area contributed by atoms with Gasteiger partial charge in [-0.25, -0.2) is 0 Å². The molecule has 0 bridgehead atoms. The highest BCUT2D eigenvalue weighted by Crippen LogP contribution is 2.29. The second kappa shape index (κ2) is 6.78. The number of ether oxygens (including phenoxy) is 1. The van der Waals surface area contributed by atoms with Crippen LogP contribution in [-0.2, 0) is 0 Å². The maximum atomic E-state index is 9.42. The third-order valence-electron chi connectivity index (χ3n) is 3.45. The van der Waals surface area contributed by atoms with Crippen molar-refractivity contribution in [3.8, 4) is 5.75 Å². The Morgan fingerprint density at radius 1 is 1.37 bits per heavy atom. The molecular formula is C15H24N2O2. The highest BCUT2D eigenvalue weighted by molar-refractivity contribution is 5.58. The van der Waals surface area contributed by atoms with Crippen molar-refractivity contribution in [1.82, 2.24) is 5.32 Å². The molecule has 4 heteroatoms. The highest BCUT2D eigenvalue weighted by Gasteiger charge is 2.22. The first-order valence-electron chi connectivity index (χ1n) is 7.05. The number of aliphatic hydroxyl groups is 1. The van der Waals surface area contributed by atoms with Crippen molar-refractivity contribution in [3.63, 3.8) is 0 Å². The Kier molecular flexibility index (Phi) is 5.05. The van der Waals surface area contributed by atoms with E-state index in [1.165, 1.54) is 0 Å². The first kappa shape index (κ1) is 14.2. The summed E-state index contributed by atoms with van der Waals surface area (Å²) in [6.45, 7) is 7.79. The first-order chi connectivity index (χ1) is 9.24. The van der Waals surface area contributed by atoms with Crippen molar-refractivity contribution in [1.29, 1.82) is 0 Å². The molecule has 1 aliphatic heterocycles. The molecule has 1 aromatic rings. The standard InChI is InChI=1S/C15H24N2O2/c1-3-19-15-7-5-4-6-14(15)17-9-12(2)8-16-13(10-17)11-18/h4-7,12-13,16,18H,3,8-11H2,1-2H3. The van der Waals surface area contributed by atoms with Crippen LogP contribution in [0.1, 0.15) is 13.8 Å². The van der Waals surface area contributed by atoms with Gasteiger partial charge < -0.3 is 20.1 Å². The van der Waals surface area contributed by atoms with E-state index in [0.717, 1.165) is 31.1 Å². The monoisotopic (exact) mass is 264 g/mol. The smallest absolute Gasteiger partial charge is 0.142 e. The zero-order valence-electron chi connectivity index (χ0n) is 11.8. The highest BCUT2D eigenvalue weighted by atomic mass is 16.5. The Hall–Kier alpha value is -1.26. The summed E-state index contributed by atoms with van der Waals surface area (Å²) in [4.78, 5) is 2.32. The van der Waals surface area contributed by atoms with Crippen LogP contribution >= 0.6 is 0 Å². The fourth-order valence-electron chi connectivity index (χ4n) is 2.53. The second-order valence-corrected chi connectivity index (χ2v) is 5.20. The Bertz CT molecular complexity index is 397. The molecule has 1 aromatic carbocycles. The number of nitrogens with zero attached hydrogens (tertiary/aromatic N) is 1. The lowest BCUT2D eigenvalue weighted by atomic mass is 10.1. The van der Waals surface area contributed by atoms with Gasteiger partial charge in [0.15, 0.2) is 0 Å². The molecule has 1 aliphatic rings. The molecule has 106 valence electrons. The molecule has 2 rings (SSSR count). The third kappa shape index (κ3) is 3.61. The Labute approximate surface area is 115 Å². The van der Waals surface area contributed by atoms with Crippen LogP contribution in [0.5, 0.6) is 5.75 Å². The Morgan fingerprint density at radius 3 is 2.89 bits per heavy atom. The van der Waals surface area contributed by atoms with E-state index in [2.05, 4.69) is 23.2 Å². The van der Waals surface area contributed by atoms with Crippen molar-refractivity contribution < 1.29 is 9.84 Å². The molecular weight excluding hydrogens is 240 g/mol. The largest absolute Gasteiger partial charge is 0.492 e. The predicted molar refractivity (Wildman–Crippen MR) is 77.9 cm³/mol. The van der Waals surface area contributed by atoms with Gasteiger partial charge in [-0.2, -0.15) is 0 Å². The zero-order chi connectivity index (χ0) is 13.7. The summed E-state index contributed by atoms with van der Waals surface area (Å²) in [6, 6.07) is 8.26. The number of hydrogen-bond acceptors (Lipinski definition) is 4. The summed E-state index contributed by atoms with van der Waals surface area (Å²) >= 11 is 0. The fourth-order valence-corrected chi connectivity index (χ4v) is 2.53. The summed E-state index contributed by atoms with van der Waals surface area (Å²) in [5, 5.41) is 12.8. The minimum absolute atomic E-state index is 0.125. The van der Waals surface area contributed by atoms with Gasteiger partial charge in [0.2, 0.25) is 0 Å². The van der Waals surface area contributed by atoms with Gasteiger partial charge in [0, 0.05) is 19.1 Å². The van der Waals surface area contributed by atoms with Crippen molar-refractivity contribution in [3.05, 3.63) is 24.3 Å². The number of benzene rings is 1. The lowest BCUT2D eigenvalue weighted by Gasteiger charge is -2.28. The van der Waals surface area contributed by atoms with Crippen molar-refractivity contribution >= 4 is 5.69 Å². The van der Waals surface area contributed by atoms with Crippen molar-refractivity contribution in [2.24, 2.45) is 5.92 Å². The topological polar surface area (TPSA) is 44.7 Å². The molecule has 19 heavy (non-hydrogen) atoms. The summed E-state index contributed by atoms with van der Waals surface area (Å²) in [6.07, 6.45) is 0. The fraction of sp³-hybridized carbons (Fsp3) is 0.600. The zero-order valence-corrected chi connectivity index (χ0v) is 11.8. The summed E-state index contributed by atoms with van der Waals surface area (Å²) in [5.41, 5.74) is 1.12. The maximum absolute atomic E-state index is 9.42. The van der Waals surface area contributed by atoms with Gasteiger partial charge in [-0.3, -0.25) is 0 Å². The summed E-state index contributed by atoms with van der Waals surface area (Å²) in [7, 11) is 0. The van der Waals surface area contributed by atoms with Crippen LogP contribution in [0.3, 0.4) is 0 Å². The first-order valence-corrected chi connectivity index (χ1v) is 7.05. The van der Waals surface area contributed by atoms with Gasteiger partial charge in [0.05, 0.1) is 18.9 Å². The molecule has 0 aliphatic carbocycles. The number of aliphatic hydroxyl groups excluding tert-OH is 1. The quantitative estimate of drug-likeness (QED) is 0.865. The van der Waals surface area contributed by atoms with Crippen LogP contribution in [0.2, 0.25) is 0 Å². The van der Waals surface area contributed by atoms with Crippen LogP contribution < -0.4 is 15.0 Å². The summed E-state index contributed by atoms with van der Waals surface area (Å²) < 4.78 is 5.71. The van der Waals surface area contributed by atoms with E-state index in [1.54, 1.807) is 0 Å². The van der Waals surface area contributed by atoms with E-state index in [0.29, 0.717) is 12.5 Å². The van der Waals surface area contributed by atoms with Gasteiger partial charge >= 0.3 is 0 Å². The normalized spacial score (nSPS) is 24.1. The SMILES string of the molecule is CCOc1ccccc1N1CC(C)CNC(CO)C1. The molecule has 0 aromatic heterocycles. The minimum atomic E-state index is 0.125. The van der Waals surface area contributed by atoms with Gasteiger partial charge in [-0.15, -0.1) is 0 Å². The van der Waals surface area contributed by atoms with Crippen LogP contribution in [0.15, 0.2) is 24.3 Å². The number of hydrogen-bond donors (Lipinski definition) is 2. The molecule has 4 nitrogen and oxygen atoms in total. The van der Waals surface area contributed by atoms with E-state index in [1.807, 2.05) is 25.1 Å². The van der Waals surface area contributed by atoms with Gasteiger partial charge in [0.25, 0.3) is 0 Å². The van der Waals surface area contributed by atoms with Crippen LogP contribution in [-0.4, -0.2) is 44.0 Å². The Balaban J connectivity index is 2.22. The van der Waals surface area contributed by atoms with Crippen molar-refractivity contribution in [2.45, 2.75) is 19.9 Å². The van der Waals surface area contributed by atoms with Gasteiger partial charge in [-0.05, 0) is 31.5 Å². The molecule has 2 N–H and O–H groups in total. The van der Waals surface area contributed by atoms with Crippen LogP contribution in [0, 0.1) is 5.92 Å². The molecule has 0 saturated carbocycles. The number of anilines is 1. The van der Waals surface area contributed by atoms with E-state index < -0.39 is 0 Å². The maximum Gasteiger partial charge on any atom is 0.142 e. The molecule has 2 atom stereocenters. The van der Waals surface area contributed by atoms with Gasteiger partial charge in [-0.1, -0.05) is 19.1 Å². The lowest BCUT2D eigenvalue weighted by molar-refractivity contribution is 0.247. The second-order valence-electron chi connectivity index (χ2n) is 5.20. The molecule has 0 radical (unpaired) electrons. The average molecular weight is 264 g/mol. The number of rotatable bonds is 4. The van der Waals surface area contributed by atoms with E-state index >= 15 is 0 Å². The van der Waals surface area contributed by atoms with Crippen molar-refractivity contribution in [2.75, 3.05) is 37.7 Å². The van der Waals surface area contributed by atoms with Crippen LogP contribution in [0.4, 0.5) is 5.69 Å². The van der Waals surface area contributed by atoms with Gasteiger partial charge in [0.1, 0.15) is 5.75 Å². The lowest BCUT2D eigenvalue weighted by Crippen LogP contribution is -2.40. The van der Waals surface area contributed by atoms with E-state index in [-0.39, 0.29) is 12.6 Å². The molecule has 1 fully saturated rings. The Morgan fingerprint density at radius 2 is 2.16 bits per heavy atom. The number of para-hydroxylation sites is 2. The van der Waals surface area contributed by atoms with E-state index in [4.69, 9.17) is 4.74 Å². The number of nitrogens with one attached hydrogen (secondary N) is 1. The molecule has 0 spiro atoms. The molecule has 0 amide bonds. The minimum Gasteiger partial charge on any atom is -0.492 e.